The van der Waals surface area contributed by atoms with E-state index in [9.17, 15) is 14.9 Å². The third kappa shape index (κ3) is 4.10. The number of benzene rings is 2. The van der Waals surface area contributed by atoms with Gasteiger partial charge in [0.15, 0.2) is 0 Å². The summed E-state index contributed by atoms with van der Waals surface area (Å²) >= 11 is 0. The summed E-state index contributed by atoms with van der Waals surface area (Å²) in [6.07, 6.45) is 0. The molecule has 6 nitrogen and oxygen atoms in total. The van der Waals surface area contributed by atoms with Crippen LogP contribution in [0.4, 0.5) is 5.69 Å². The van der Waals surface area contributed by atoms with Crippen molar-refractivity contribution in [2.24, 2.45) is 5.92 Å². The first-order valence-electron chi connectivity index (χ1n) is 7.61. The van der Waals surface area contributed by atoms with E-state index in [2.05, 4.69) is 5.32 Å². The fourth-order valence-electron chi connectivity index (χ4n) is 2.41. The molecule has 0 fully saturated rings. The molecule has 0 heterocycles. The molecule has 2 aromatic rings. The van der Waals surface area contributed by atoms with Gasteiger partial charge in [-0.15, -0.1) is 0 Å². The molecule has 0 aliphatic rings. The Morgan fingerprint density at radius 2 is 1.67 bits per heavy atom. The van der Waals surface area contributed by atoms with E-state index in [0.717, 1.165) is 11.3 Å². The molecule has 0 aliphatic heterocycles. The van der Waals surface area contributed by atoms with E-state index < -0.39 is 4.92 Å². The van der Waals surface area contributed by atoms with Gasteiger partial charge in [0.1, 0.15) is 5.75 Å². The maximum atomic E-state index is 12.4. The standard InChI is InChI=1S/C18H20N2O4/c1-12(2)17(13-6-10-16(24-3)11-7-13)19-18(21)14-4-8-15(9-5-14)20(22)23/h4-12,17H,1-3H3,(H,19,21). The molecule has 1 atom stereocenters. The number of hydrogen-bond acceptors (Lipinski definition) is 4. The molecule has 2 aromatic carbocycles. The van der Waals surface area contributed by atoms with Crippen molar-refractivity contribution >= 4 is 11.6 Å². The number of carbonyl (C=O) groups excluding carboxylic acids is 1. The number of methoxy groups -OCH3 is 1. The van der Waals surface area contributed by atoms with Gasteiger partial charge in [-0.2, -0.15) is 0 Å². The van der Waals surface area contributed by atoms with Gasteiger partial charge in [-0.25, -0.2) is 0 Å². The molecular formula is C18H20N2O4. The zero-order valence-electron chi connectivity index (χ0n) is 13.9. The predicted octanol–water partition coefficient (Wildman–Crippen LogP) is 3.73. The predicted molar refractivity (Wildman–Crippen MR) is 91.1 cm³/mol. The molecule has 0 aliphatic carbocycles. The fourth-order valence-corrected chi connectivity index (χ4v) is 2.41. The zero-order valence-corrected chi connectivity index (χ0v) is 13.9. The fraction of sp³-hybridized carbons (Fsp3) is 0.278. The van der Waals surface area contributed by atoms with E-state index >= 15 is 0 Å². The van der Waals surface area contributed by atoms with Crippen LogP contribution in [-0.4, -0.2) is 17.9 Å². The van der Waals surface area contributed by atoms with E-state index in [1.807, 2.05) is 38.1 Å². The molecule has 1 amide bonds. The number of hydrogen-bond donors (Lipinski definition) is 1. The van der Waals surface area contributed by atoms with Gasteiger partial charge in [0.25, 0.3) is 11.6 Å². The van der Waals surface area contributed by atoms with Gasteiger partial charge in [0.2, 0.25) is 0 Å². The summed E-state index contributed by atoms with van der Waals surface area (Å²) in [5.41, 5.74) is 1.32. The van der Waals surface area contributed by atoms with E-state index in [1.54, 1.807) is 7.11 Å². The highest BCUT2D eigenvalue weighted by atomic mass is 16.6. The number of rotatable bonds is 6. The van der Waals surface area contributed by atoms with Crippen LogP contribution in [0, 0.1) is 16.0 Å². The van der Waals surface area contributed by atoms with E-state index in [0.29, 0.717) is 5.56 Å². The Morgan fingerprint density at radius 3 is 2.12 bits per heavy atom. The Morgan fingerprint density at radius 1 is 1.08 bits per heavy atom. The summed E-state index contributed by atoms with van der Waals surface area (Å²) in [6.45, 7) is 4.04. The normalized spacial score (nSPS) is 11.8. The second kappa shape index (κ2) is 7.59. The summed E-state index contributed by atoms with van der Waals surface area (Å²) in [7, 11) is 1.60. The van der Waals surface area contributed by atoms with Crippen LogP contribution in [0.2, 0.25) is 0 Å². The molecule has 0 saturated heterocycles. The third-order valence-corrected chi connectivity index (χ3v) is 3.77. The first kappa shape index (κ1) is 17.5. The van der Waals surface area contributed by atoms with Crippen LogP contribution in [0.3, 0.4) is 0 Å². The summed E-state index contributed by atoms with van der Waals surface area (Å²) < 4.78 is 5.15. The number of amides is 1. The highest BCUT2D eigenvalue weighted by molar-refractivity contribution is 5.94. The Labute approximate surface area is 140 Å². The van der Waals surface area contributed by atoms with Gasteiger partial charge >= 0.3 is 0 Å². The van der Waals surface area contributed by atoms with Crippen molar-refractivity contribution in [3.8, 4) is 5.75 Å². The lowest BCUT2D eigenvalue weighted by Crippen LogP contribution is -2.31. The average molecular weight is 328 g/mol. The number of non-ortho nitro benzene ring substituents is 1. The van der Waals surface area contributed by atoms with Gasteiger partial charge in [-0.1, -0.05) is 26.0 Å². The lowest BCUT2D eigenvalue weighted by Gasteiger charge is -2.23. The number of ether oxygens (including phenoxy) is 1. The molecule has 1 unspecified atom stereocenters. The number of nitrogens with one attached hydrogen (secondary N) is 1. The number of nitrogens with zero attached hydrogens (tertiary/aromatic N) is 1. The minimum absolute atomic E-state index is 0.0397. The van der Waals surface area contributed by atoms with Crippen LogP contribution in [0.15, 0.2) is 48.5 Å². The SMILES string of the molecule is COc1ccc(C(NC(=O)c2ccc([N+](=O)[O-])cc2)C(C)C)cc1. The van der Waals surface area contributed by atoms with Gasteiger partial charge in [0, 0.05) is 17.7 Å². The average Bonchev–Trinajstić information content (AvgIpc) is 2.59. The van der Waals surface area contributed by atoms with E-state index in [1.165, 1.54) is 24.3 Å². The number of carbonyl (C=O) groups is 1. The summed E-state index contributed by atoms with van der Waals surface area (Å²) in [5.74, 6) is 0.669. The van der Waals surface area contributed by atoms with Crippen LogP contribution in [0.5, 0.6) is 5.75 Å². The third-order valence-electron chi connectivity index (χ3n) is 3.77. The van der Waals surface area contributed by atoms with Crippen molar-refractivity contribution in [2.75, 3.05) is 7.11 Å². The van der Waals surface area contributed by atoms with Crippen molar-refractivity contribution in [2.45, 2.75) is 19.9 Å². The Bertz CT molecular complexity index is 709. The Kier molecular flexibility index (Phi) is 5.52. The molecule has 2 rings (SSSR count). The summed E-state index contributed by atoms with van der Waals surface area (Å²) in [4.78, 5) is 22.6. The summed E-state index contributed by atoms with van der Waals surface area (Å²) in [5, 5.41) is 13.7. The van der Waals surface area contributed by atoms with Gasteiger partial charge < -0.3 is 10.1 Å². The first-order chi connectivity index (χ1) is 11.4. The maximum Gasteiger partial charge on any atom is 0.269 e. The number of nitro groups is 1. The lowest BCUT2D eigenvalue weighted by molar-refractivity contribution is -0.384. The van der Waals surface area contributed by atoms with Gasteiger partial charge in [-0.05, 0) is 35.7 Å². The molecule has 24 heavy (non-hydrogen) atoms. The zero-order chi connectivity index (χ0) is 17.7. The van der Waals surface area contributed by atoms with E-state index in [4.69, 9.17) is 4.74 Å². The molecule has 0 saturated carbocycles. The minimum Gasteiger partial charge on any atom is -0.497 e. The maximum absolute atomic E-state index is 12.4. The van der Waals surface area contributed by atoms with Crippen molar-refractivity contribution in [3.05, 3.63) is 69.8 Å². The van der Waals surface area contributed by atoms with Crippen LogP contribution in [0.25, 0.3) is 0 Å². The second-order valence-corrected chi connectivity index (χ2v) is 5.77. The molecule has 126 valence electrons. The van der Waals surface area contributed by atoms with Crippen molar-refractivity contribution in [1.29, 1.82) is 0 Å². The van der Waals surface area contributed by atoms with Crippen molar-refractivity contribution in [3.63, 3.8) is 0 Å². The van der Waals surface area contributed by atoms with Gasteiger partial charge in [-0.3, -0.25) is 14.9 Å². The smallest absolute Gasteiger partial charge is 0.269 e. The monoisotopic (exact) mass is 328 g/mol. The summed E-state index contributed by atoms with van der Waals surface area (Å²) in [6, 6.07) is 12.9. The van der Waals surface area contributed by atoms with Crippen molar-refractivity contribution in [1.82, 2.24) is 5.32 Å². The highest BCUT2D eigenvalue weighted by Crippen LogP contribution is 2.24. The quantitative estimate of drug-likeness (QED) is 0.647. The largest absolute Gasteiger partial charge is 0.497 e. The molecule has 0 spiro atoms. The van der Waals surface area contributed by atoms with Gasteiger partial charge in [0.05, 0.1) is 18.1 Å². The lowest BCUT2D eigenvalue weighted by atomic mass is 9.95. The molecule has 0 aromatic heterocycles. The molecule has 1 N–H and O–H groups in total. The number of nitro benzene ring substituents is 1. The minimum atomic E-state index is -0.490. The van der Waals surface area contributed by atoms with Crippen LogP contribution in [-0.2, 0) is 0 Å². The Hall–Kier alpha value is -2.89. The molecule has 6 heteroatoms. The van der Waals surface area contributed by atoms with Crippen LogP contribution < -0.4 is 10.1 Å². The van der Waals surface area contributed by atoms with Crippen LogP contribution in [0.1, 0.15) is 35.8 Å². The second-order valence-electron chi connectivity index (χ2n) is 5.77. The Balaban J connectivity index is 2.17. The highest BCUT2D eigenvalue weighted by Gasteiger charge is 2.19. The van der Waals surface area contributed by atoms with Crippen LogP contribution >= 0.6 is 0 Å². The van der Waals surface area contributed by atoms with E-state index in [-0.39, 0.29) is 23.6 Å². The molecular weight excluding hydrogens is 308 g/mol. The first-order valence-corrected chi connectivity index (χ1v) is 7.61. The molecule has 0 bridgehead atoms. The molecule has 0 radical (unpaired) electrons. The van der Waals surface area contributed by atoms with Crippen molar-refractivity contribution < 1.29 is 14.5 Å². The topological polar surface area (TPSA) is 81.5 Å².